The van der Waals surface area contributed by atoms with Crippen LogP contribution in [0.3, 0.4) is 0 Å². The van der Waals surface area contributed by atoms with Gasteiger partial charge in [0.15, 0.2) is 0 Å². The molecule has 0 radical (unpaired) electrons. The van der Waals surface area contributed by atoms with E-state index in [1.165, 1.54) is 114 Å². The van der Waals surface area contributed by atoms with Crippen molar-refractivity contribution in [3.8, 4) is 0 Å². The maximum atomic E-state index is 2.50. The Morgan fingerprint density at radius 2 is 0.905 bits per heavy atom. The second kappa shape index (κ2) is 22.2. The van der Waals surface area contributed by atoms with E-state index in [2.05, 4.69) is 206 Å². The third kappa shape index (κ3) is 15.4. The molecule has 0 heterocycles. The number of hydrogen-bond donors (Lipinski definition) is 0. The summed E-state index contributed by atoms with van der Waals surface area (Å²) >= 11 is 0. The fraction of sp³-hybridized carbons (Fsp3) is 0.838. The molecule has 0 saturated heterocycles. The Morgan fingerprint density at radius 3 is 1.24 bits per heavy atom. The Bertz CT molecular complexity index is 1950. The van der Waals surface area contributed by atoms with E-state index in [0.29, 0.717) is 37.9 Å². The lowest BCUT2D eigenvalue weighted by Crippen LogP contribution is -2.57. The molecule has 13 rings (SSSR count). The van der Waals surface area contributed by atoms with Crippen LogP contribution in [0.2, 0.25) is 0 Å². The van der Waals surface area contributed by atoms with Crippen molar-refractivity contribution < 1.29 is 0 Å². The molecule has 2 aromatic rings. The summed E-state index contributed by atoms with van der Waals surface area (Å²) in [5, 5.41) is 0. The van der Waals surface area contributed by atoms with Gasteiger partial charge in [0.1, 0.15) is 0 Å². The molecule has 11 fully saturated rings. The highest BCUT2D eigenvalue weighted by molar-refractivity contribution is 5.27. The summed E-state index contributed by atoms with van der Waals surface area (Å²) in [5.74, 6) is 12.8. The molecule has 74 heavy (non-hydrogen) atoms. The van der Waals surface area contributed by atoms with Crippen LogP contribution in [-0.4, -0.2) is 0 Å². The van der Waals surface area contributed by atoms with E-state index >= 15 is 0 Å². The molecule has 0 heteroatoms. The Kier molecular flexibility index (Phi) is 18.0. The van der Waals surface area contributed by atoms with Crippen LogP contribution >= 0.6 is 0 Å². The molecule has 2 bridgehead atoms. The van der Waals surface area contributed by atoms with Gasteiger partial charge < -0.3 is 0 Å². The molecule has 0 nitrogen and oxygen atoms in total. The molecule has 11 saturated carbocycles. The molecule has 13 atom stereocenters. The quantitative estimate of drug-likeness (QED) is 0.281. The van der Waals surface area contributed by atoms with Gasteiger partial charge in [-0.15, -0.1) is 0 Å². The SMILES string of the molecule is CC(C)(C)C1CC1c1ccccc1.CC(C)(C)C1CC1c1ccccc1.CC(C)(C)C1CCC2(CC2)C1.CC(C)(C)C1CCC2CC2C1.CC(C)(C)C1CCCCC12CC2.C[C@@H]1C(C(C)(C)C)C[C@@H]2C[C@H]1C2(C)C. The van der Waals surface area contributed by atoms with Crippen molar-refractivity contribution in [3.63, 3.8) is 0 Å². The minimum Gasteiger partial charge on any atom is -0.0622 e. The van der Waals surface area contributed by atoms with Gasteiger partial charge in [0, 0.05) is 0 Å². The highest BCUT2D eigenvalue weighted by atomic mass is 14.6. The van der Waals surface area contributed by atoms with Crippen molar-refractivity contribution in [1.29, 1.82) is 0 Å². The molecule has 2 spiro atoms. The number of rotatable bonds is 2. The summed E-state index contributed by atoms with van der Waals surface area (Å²) in [6, 6.07) is 21.8. The van der Waals surface area contributed by atoms with Gasteiger partial charge in [-0.25, -0.2) is 0 Å². The predicted octanol–water partition coefficient (Wildman–Crippen LogP) is 23.1. The molecule has 0 N–H and O–H groups in total. The Hall–Kier alpha value is -1.56. The third-order valence-electron chi connectivity index (χ3n) is 23.5. The predicted molar refractivity (Wildman–Crippen MR) is 326 cm³/mol. The van der Waals surface area contributed by atoms with Gasteiger partial charge in [0.25, 0.3) is 0 Å². The molecule has 0 aromatic heterocycles. The second-order valence-electron chi connectivity index (χ2n) is 35.3. The van der Waals surface area contributed by atoms with Gasteiger partial charge in [0.2, 0.25) is 0 Å². The minimum atomic E-state index is 0.487. The molecule has 11 aliphatic rings. The fourth-order valence-electron chi connectivity index (χ4n) is 17.4. The molecular weight excluding hydrogens is 889 g/mol. The van der Waals surface area contributed by atoms with Crippen LogP contribution in [0.15, 0.2) is 60.7 Å². The van der Waals surface area contributed by atoms with E-state index in [9.17, 15) is 0 Å². The maximum Gasteiger partial charge on any atom is -0.0125 e. The summed E-state index contributed by atoms with van der Waals surface area (Å²) in [5.41, 5.74) is 8.63. The summed E-state index contributed by atoms with van der Waals surface area (Å²) < 4.78 is 0. The zero-order chi connectivity index (χ0) is 54.7. The van der Waals surface area contributed by atoms with Crippen molar-refractivity contribution in [2.75, 3.05) is 0 Å². The zero-order valence-electron chi connectivity index (χ0n) is 53.2. The second-order valence-corrected chi connectivity index (χ2v) is 35.3. The molecule has 420 valence electrons. The first-order valence-electron chi connectivity index (χ1n) is 32.2. The van der Waals surface area contributed by atoms with Gasteiger partial charge in [-0.1, -0.05) is 219 Å². The average Bonchev–Trinajstić information content (AvgIpc) is 4.06. The molecule has 0 aliphatic heterocycles. The third-order valence-corrected chi connectivity index (χ3v) is 23.5. The first-order chi connectivity index (χ1) is 34.1. The molecule has 11 aliphatic carbocycles. The van der Waals surface area contributed by atoms with Crippen LogP contribution in [-0.2, 0) is 0 Å². The highest BCUT2D eigenvalue weighted by Crippen LogP contribution is 2.67. The van der Waals surface area contributed by atoms with Gasteiger partial charge in [-0.05, 0) is 246 Å². The van der Waals surface area contributed by atoms with E-state index in [1.807, 2.05) is 0 Å². The van der Waals surface area contributed by atoms with Crippen molar-refractivity contribution in [1.82, 2.24) is 0 Å². The molecule has 10 unspecified atom stereocenters. The van der Waals surface area contributed by atoms with Crippen molar-refractivity contribution >= 4 is 0 Å². The molecular formula is C74H124. The van der Waals surface area contributed by atoms with E-state index in [0.717, 1.165) is 87.8 Å². The van der Waals surface area contributed by atoms with Gasteiger partial charge in [0.05, 0.1) is 0 Å². The zero-order valence-corrected chi connectivity index (χ0v) is 53.2. The van der Waals surface area contributed by atoms with Crippen LogP contribution < -0.4 is 0 Å². The van der Waals surface area contributed by atoms with E-state index in [-0.39, 0.29) is 0 Å². The van der Waals surface area contributed by atoms with E-state index in [1.54, 1.807) is 19.3 Å². The van der Waals surface area contributed by atoms with Gasteiger partial charge in [-0.2, -0.15) is 0 Å². The van der Waals surface area contributed by atoms with Crippen LogP contribution in [0.5, 0.6) is 0 Å². The summed E-state index contributed by atoms with van der Waals surface area (Å²) in [6.45, 7) is 50.5. The van der Waals surface area contributed by atoms with Crippen molar-refractivity contribution in [2.24, 2.45) is 114 Å². The largest absolute Gasteiger partial charge is 0.0622 e. The van der Waals surface area contributed by atoms with Crippen molar-refractivity contribution in [2.45, 2.75) is 279 Å². The van der Waals surface area contributed by atoms with Crippen LogP contribution in [0.25, 0.3) is 0 Å². The summed E-state index contributed by atoms with van der Waals surface area (Å²) in [7, 11) is 0. The summed E-state index contributed by atoms with van der Waals surface area (Å²) in [4.78, 5) is 0. The number of hydrogen-bond acceptors (Lipinski definition) is 0. The lowest BCUT2D eigenvalue weighted by Gasteiger charge is -2.64. The van der Waals surface area contributed by atoms with Gasteiger partial charge >= 0.3 is 0 Å². The van der Waals surface area contributed by atoms with E-state index in [4.69, 9.17) is 0 Å². The number of fused-ring (bicyclic) bond motifs is 3. The monoisotopic (exact) mass is 1010 g/mol. The van der Waals surface area contributed by atoms with Crippen LogP contribution in [0, 0.1) is 114 Å². The van der Waals surface area contributed by atoms with Crippen molar-refractivity contribution in [3.05, 3.63) is 71.8 Å². The molecule has 0 amide bonds. The molecule has 2 aromatic carbocycles. The van der Waals surface area contributed by atoms with E-state index < -0.39 is 0 Å². The van der Waals surface area contributed by atoms with Gasteiger partial charge in [-0.3, -0.25) is 0 Å². The lowest BCUT2D eigenvalue weighted by molar-refractivity contribution is -0.150. The topological polar surface area (TPSA) is 0 Å². The number of benzene rings is 2. The maximum absolute atomic E-state index is 2.50. The summed E-state index contributed by atoms with van der Waals surface area (Å²) in [6.07, 6.45) is 28.7. The smallest absolute Gasteiger partial charge is 0.0125 e. The lowest BCUT2D eigenvalue weighted by atomic mass is 9.41. The highest BCUT2D eigenvalue weighted by Gasteiger charge is 2.58. The first kappa shape index (κ1) is 60.1. The Labute approximate surface area is 462 Å². The Balaban J connectivity index is 0.000000130. The first-order valence-corrected chi connectivity index (χ1v) is 32.2. The normalized spacial score (nSPS) is 35.3. The fourth-order valence-corrected chi connectivity index (χ4v) is 17.4. The Morgan fingerprint density at radius 1 is 0.405 bits per heavy atom. The average molecular weight is 1010 g/mol. The standard InChI is InChI=1S/C14H26.2C13H18.C12H22.2C11H20/c1-9-11(13(2,3)4)7-10-8-12(9)14(10,5)6;2*1-13(2,3)12-9-11(12)10-7-5-4-6-8-10;1-11(2,3)10-6-4-5-7-12(10)8-9-12;1-11(2,3)10-5-4-8-6-9(8)7-10;1-10(2,3)9-4-5-11(8-9)6-7-11/h9-12H,7-8H2,1-6H3;2*4-8,11-12H,9H2,1-3H3;10H,4-9H2,1-3H3;8-10H,4-7H2,1-3H3;9H,4-8H2,1-3H3/t9-,10-,11?,12-;;;;;/m1...../s1. The minimum absolute atomic E-state index is 0.487. The van der Waals surface area contributed by atoms with Crippen LogP contribution in [0.1, 0.15) is 290 Å². The van der Waals surface area contributed by atoms with Crippen LogP contribution in [0.4, 0.5) is 0 Å².